The van der Waals surface area contributed by atoms with Crippen LogP contribution in [0.1, 0.15) is 61.8 Å². The predicted octanol–water partition coefficient (Wildman–Crippen LogP) is 8.23. The fourth-order valence-corrected chi connectivity index (χ4v) is 4.73. The van der Waals surface area contributed by atoms with E-state index in [1.807, 2.05) is 6.07 Å². The number of hydrogen-bond acceptors (Lipinski definition) is 2. The molecule has 0 aliphatic heterocycles. The minimum absolute atomic E-state index is 0.345. The van der Waals surface area contributed by atoms with Gasteiger partial charge in [0.2, 0.25) is 0 Å². The zero-order valence-electron chi connectivity index (χ0n) is 19.6. The molecule has 0 spiro atoms. The minimum atomic E-state index is 0.345. The zero-order chi connectivity index (χ0) is 23.0. The van der Waals surface area contributed by atoms with Gasteiger partial charge in [0, 0.05) is 15.6 Å². The highest BCUT2D eigenvalue weighted by Crippen LogP contribution is 2.37. The molecule has 0 aliphatic rings. The van der Waals surface area contributed by atoms with E-state index >= 15 is 0 Å². The molecule has 0 saturated carbocycles. The normalized spacial score (nSPS) is 11.5. The maximum Gasteiger partial charge on any atom is 0.182 e. The van der Waals surface area contributed by atoms with Gasteiger partial charge in [0.1, 0.15) is 0 Å². The molecule has 0 atom stereocenters. The second-order valence-corrected chi connectivity index (χ2v) is 10.1. The van der Waals surface area contributed by atoms with Crippen LogP contribution < -0.4 is 0 Å². The van der Waals surface area contributed by atoms with Crippen LogP contribution in [0.2, 0.25) is 0 Å². The van der Waals surface area contributed by atoms with E-state index in [-0.39, 0.29) is 0 Å². The van der Waals surface area contributed by atoms with Gasteiger partial charge >= 0.3 is 0 Å². The highest BCUT2D eigenvalue weighted by atomic mass is 79.9. The fraction of sp³-hybridized carbons (Fsp3) is 0.286. The van der Waals surface area contributed by atoms with Crippen LogP contribution in [0.15, 0.2) is 65.1 Å². The zero-order valence-corrected chi connectivity index (χ0v) is 21.2. The number of halogens is 1. The van der Waals surface area contributed by atoms with Crippen LogP contribution in [0.4, 0.5) is 0 Å². The molecule has 0 fully saturated rings. The van der Waals surface area contributed by atoms with Crippen molar-refractivity contribution in [3.63, 3.8) is 0 Å². The SMILES string of the molecule is Cc1cc(C)cc(-c2nc(-c3ccccc3)n(-c3c(C(C)C)cc(Br)cc3C(C)C)n2)c1. The maximum atomic E-state index is 5.12. The Labute approximate surface area is 199 Å². The molecule has 1 aromatic heterocycles. The monoisotopic (exact) mass is 487 g/mol. The van der Waals surface area contributed by atoms with Gasteiger partial charge in [-0.05, 0) is 61.1 Å². The number of benzene rings is 3. The molecule has 0 bridgehead atoms. The van der Waals surface area contributed by atoms with E-state index in [9.17, 15) is 0 Å². The molecule has 32 heavy (non-hydrogen) atoms. The summed E-state index contributed by atoms with van der Waals surface area (Å²) in [7, 11) is 0. The molecular formula is C28H30BrN3. The average molecular weight is 488 g/mol. The van der Waals surface area contributed by atoms with Crippen molar-refractivity contribution in [3.8, 4) is 28.5 Å². The summed E-state index contributed by atoms with van der Waals surface area (Å²) in [5.41, 5.74) is 8.20. The lowest BCUT2D eigenvalue weighted by atomic mass is 9.92. The maximum absolute atomic E-state index is 5.12. The van der Waals surface area contributed by atoms with Gasteiger partial charge in [-0.25, -0.2) is 9.67 Å². The molecule has 0 amide bonds. The summed E-state index contributed by atoms with van der Waals surface area (Å²) in [5, 5.41) is 5.12. The van der Waals surface area contributed by atoms with Crippen molar-refractivity contribution in [3.05, 3.63) is 87.4 Å². The lowest BCUT2D eigenvalue weighted by Crippen LogP contribution is -2.10. The van der Waals surface area contributed by atoms with Crippen molar-refractivity contribution in [2.24, 2.45) is 0 Å². The van der Waals surface area contributed by atoms with Gasteiger partial charge in [0.15, 0.2) is 11.6 Å². The lowest BCUT2D eigenvalue weighted by molar-refractivity contribution is 0.773. The van der Waals surface area contributed by atoms with E-state index in [4.69, 9.17) is 10.1 Å². The molecule has 3 nitrogen and oxygen atoms in total. The van der Waals surface area contributed by atoms with Crippen molar-refractivity contribution < 1.29 is 0 Å². The highest BCUT2D eigenvalue weighted by molar-refractivity contribution is 9.10. The molecule has 0 aliphatic carbocycles. The van der Waals surface area contributed by atoms with Crippen LogP contribution in [-0.2, 0) is 0 Å². The van der Waals surface area contributed by atoms with E-state index in [0.717, 1.165) is 32.9 Å². The molecule has 3 aromatic carbocycles. The molecule has 0 saturated heterocycles. The third kappa shape index (κ3) is 4.42. The van der Waals surface area contributed by atoms with Crippen LogP contribution in [0.3, 0.4) is 0 Å². The molecular weight excluding hydrogens is 458 g/mol. The van der Waals surface area contributed by atoms with Crippen molar-refractivity contribution in [2.75, 3.05) is 0 Å². The highest BCUT2D eigenvalue weighted by Gasteiger charge is 2.23. The standard InChI is InChI=1S/C28H30BrN3/c1-17(2)24-15-23(29)16-25(18(3)4)26(24)32-28(21-10-8-7-9-11-21)30-27(31-32)22-13-19(5)12-20(6)14-22/h7-18H,1-6H3. The lowest BCUT2D eigenvalue weighted by Gasteiger charge is -2.21. The summed E-state index contributed by atoms with van der Waals surface area (Å²) in [6.07, 6.45) is 0. The summed E-state index contributed by atoms with van der Waals surface area (Å²) in [5.74, 6) is 2.31. The molecule has 4 rings (SSSR count). The number of rotatable bonds is 5. The van der Waals surface area contributed by atoms with E-state index in [2.05, 4.69) is 117 Å². The molecule has 4 aromatic rings. The van der Waals surface area contributed by atoms with Crippen LogP contribution >= 0.6 is 15.9 Å². The number of aromatic nitrogens is 3. The Morgan fingerprint density at radius 1 is 0.750 bits per heavy atom. The van der Waals surface area contributed by atoms with Gasteiger partial charge in [-0.2, -0.15) is 0 Å². The van der Waals surface area contributed by atoms with Gasteiger partial charge in [0.25, 0.3) is 0 Å². The number of nitrogens with zero attached hydrogens (tertiary/aromatic N) is 3. The third-order valence-corrected chi connectivity index (χ3v) is 6.17. The topological polar surface area (TPSA) is 30.7 Å². The van der Waals surface area contributed by atoms with Crippen LogP contribution in [-0.4, -0.2) is 14.8 Å². The van der Waals surface area contributed by atoms with Crippen molar-refractivity contribution in [2.45, 2.75) is 53.4 Å². The Bertz CT molecular complexity index is 1200. The molecule has 0 N–H and O–H groups in total. The molecule has 0 radical (unpaired) electrons. The second kappa shape index (κ2) is 9.03. The first-order valence-corrected chi connectivity index (χ1v) is 12.0. The van der Waals surface area contributed by atoms with Crippen LogP contribution in [0, 0.1) is 13.8 Å². The summed E-state index contributed by atoms with van der Waals surface area (Å²) in [6, 6.07) is 21.3. The average Bonchev–Trinajstić information content (AvgIpc) is 3.18. The fourth-order valence-electron chi connectivity index (χ4n) is 4.24. The van der Waals surface area contributed by atoms with Crippen molar-refractivity contribution >= 4 is 15.9 Å². The quantitative estimate of drug-likeness (QED) is 0.283. The third-order valence-electron chi connectivity index (χ3n) is 5.71. The Hall–Kier alpha value is -2.72. The first-order chi connectivity index (χ1) is 15.2. The van der Waals surface area contributed by atoms with Crippen molar-refractivity contribution in [1.82, 2.24) is 14.8 Å². The van der Waals surface area contributed by atoms with Crippen molar-refractivity contribution in [1.29, 1.82) is 0 Å². The Morgan fingerprint density at radius 3 is 1.84 bits per heavy atom. The first-order valence-electron chi connectivity index (χ1n) is 11.2. The Morgan fingerprint density at radius 2 is 1.31 bits per heavy atom. The summed E-state index contributed by atoms with van der Waals surface area (Å²) >= 11 is 3.73. The molecule has 1 heterocycles. The smallest absolute Gasteiger partial charge is 0.182 e. The van der Waals surface area contributed by atoms with Crippen LogP contribution in [0.25, 0.3) is 28.5 Å². The largest absolute Gasteiger partial charge is 0.212 e. The first kappa shape index (κ1) is 22.5. The van der Waals surface area contributed by atoms with E-state index < -0.39 is 0 Å². The number of aryl methyl sites for hydroxylation is 2. The van der Waals surface area contributed by atoms with Gasteiger partial charge < -0.3 is 0 Å². The van der Waals surface area contributed by atoms with E-state index in [0.29, 0.717) is 11.8 Å². The van der Waals surface area contributed by atoms with Gasteiger partial charge in [-0.3, -0.25) is 0 Å². The Balaban J connectivity index is 2.06. The van der Waals surface area contributed by atoms with Crippen LogP contribution in [0.5, 0.6) is 0 Å². The van der Waals surface area contributed by atoms with Gasteiger partial charge in [-0.15, -0.1) is 5.10 Å². The summed E-state index contributed by atoms with van der Waals surface area (Å²) in [6.45, 7) is 13.2. The number of hydrogen-bond donors (Lipinski definition) is 0. The minimum Gasteiger partial charge on any atom is -0.212 e. The Kier molecular flexibility index (Phi) is 6.34. The van der Waals surface area contributed by atoms with E-state index in [1.165, 1.54) is 22.3 Å². The summed E-state index contributed by atoms with van der Waals surface area (Å²) < 4.78 is 3.17. The summed E-state index contributed by atoms with van der Waals surface area (Å²) in [4.78, 5) is 5.07. The predicted molar refractivity (Wildman–Crippen MR) is 138 cm³/mol. The van der Waals surface area contributed by atoms with E-state index in [1.54, 1.807) is 0 Å². The molecule has 164 valence electrons. The van der Waals surface area contributed by atoms with Gasteiger partial charge in [-0.1, -0.05) is 91.1 Å². The molecule has 0 unspecified atom stereocenters. The second-order valence-electron chi connectivity index (χ2n) is 9.16. The van der Waals surface area contributed by atoms with Gasteiger partial charge in [0.05, 0.1) is 5.69 Å². The molecule has 4 heteroatoms.